The predicted octanol–water partition coefficient (Wildman–Crippen LogP) is 4.80. The van der Waals surface area contributed by atoms with Crippen molar-refractivity contribution >= 4 is 22.4 Å². The highest BCUT2D eigenvalue weighted by atomic mass is 14.9. The Morgan fingerprint density at radius 2 is 1.75 bits per heavy atom. The third kappa shape index (κ3) is 1.68. The van der Waals surface area contributed by atoms with Crippen LogP contribution >= 0.6 is 0 Å². The first-order valence-corrected chi connectivity index (χ1v) is 7.06. The lowest BCUT2D eigenvalue weighted by Crippen LogP contribution is -2.10. The van der Waals surface area contributed by atoms with E-state index in [4.69, 9.17) is 4.99 Å². The summed E-state index contributed by atoms with van der Waals surface area (Å²) < 4.78 is 0. The van der Waals surface area contributed by atoms with Crippen LogP contribution in [0.2, 0.25) is 0 Å². The molecule has 2 nitrogen and oxygen atoms in total. The summed E-state index contributed by atoms with van der Waals surface area (Å²) in [6.07, 6.45) is 0.999. The number of hydrogen-bond acceptors (Lipinski definition) is 1. The number of benzene rings is 2. The molecule has 0 saturated carbocycles. The predicted molar refractivity (Wildman–Crippen MR) is 84.0 cm³/mol. The first-order valence-electron chi connectivity index (χ1n) is 7.06. The van der Waals surface area contributed by atoms with Crippen molar-refractivity contribution < 1.29 is 0 Å². The number of aromatic amines is 1. The maximum Gasteiger partial charge on any atom is 0.134 e. The Kier molecular flexibility index (Phi) is 2.49. The molecule has 1 unspecified atom stereocenters. The summed E-state index contributed by atoms with van der Waals surface area (Å²) in [5.74, 6) is 1.53. The summed E-state index contributed by atoms with van der Waals surface area (Å²) in [5, 5.41) is 1.31. The van der Waals surface area contributed by atoms with Crippen molar-refractivity contribution in [3.05, 3.63) is 65.7 Å². The van der Waals surface area contributed by atoms with Crippen LogP contribution in [-0.4, -0.2) is 10.7 Å². The van der Waals surface area contributed by atoms with Gasteiger partial charge in [-0.15, -0.1) is 0 Å². The van der Waals surface area contributed by atoms with E-state index in [0.29, 0.717) is 5.92 Å². The van der Waals surface area contributed by atoms with E-state index in [1.807, 2.05) is 6.07 Å². The second-order valence-electron chi connectivity index (χ2n) is 5.46. The molecule has 0 spiro atoms. The lowest BCUT2D eigenvalue weighted by molar-refractivity contribution is 0.798. The van der Waals surface area contributed by atoms with Crippen molar-refractivity contribution in [1.82, 2.24) is 4.98 Å². The van der Waals surface area contributed by atoms with E-state index in [2.05, 4.69) is 60.4 Å². The molecule has 0 fully saturated rings. The first-order chi connectivity index (χ1) is 9.83. The highest BCUT2D eigenvalue weighted by Gasteiger charge is 2.23. The molecule has 0 radical (unpaired) electrons. The molecule has 2 heteroatoms. The van der Waals surface area contributed by atoms with Crippen LogP contribution in [0, 0.1) is 0 Å². The first kappa shape index (κ1) is 11.5. The minimum atomic E-state index is 0.494. The van der Waals surface area contributed by atoms with Crippen molar-refractivity contribution in [2.24, 2.45) is 4.99 Å². The van der Waals surface area contributed by atoms with Gasteiger partial charge in [0.2, 0.25) is 0 Å². The summed E-state index contributed by atoms with van der Waals surface area (Å²) >= 11 is 0. The Hall–Kier alpha value is -2.35. The quantitative estimate of drug-likeness (QED) is 0.651. The van der Waals surface area contributed by atoms with Crippen LogP contribution in [0.1, 0.15) is 30.4 Å². The monoisotopic (exact) mass is 260 g/mol. The van der Waals surface area contributed by atoms with Gasteiger partial charge in [0.25, 0.3) is 0 Å². The summed E-state index contributed by atoms with van der Waals surface area (Å²) in [6, 6.07) is 18.9. The van der Waals surface area contributed by atoms with E-state index < -0.39 is 0 Å². The average molecular weight is 260 g/mol. The van der Waals surface area contributed by atoms with Crippen molar-refractivity contribution in [2.75, 3.05) is 0 Å². The van der Waals surface area contributed by atoms with Crippen LogP contribution in [-0.2, 0) is 0 Å². The standard InChI is InChI=1S/C18H16N2/c1-12-11-16(13-7-3-2-4-8-13)20-18-17(12)14-9-5-6-10-15(14)19-18/h2-10,12,19H,11H2,1H3. The van der Waals surface area contributed by atoms with Gasteiger partial charge in [0.15, 0.2) is 0 Å². The van der Waals surface area contributed by atoms with Gasteiger partial charge in [0.05, 0.1) is 5.71 Å². The fourth-order valence-electron chi connectivity index (χ4n) is 3.12. The van der Waals surface area contributed by atoms with Crippen LogP contribution in [0.4, 0.5) is 5.82 Å². The number of nitrogens with one attached hydrogen (secondary N) is 1. The van der Waals surface area contributed by atoms with Crippen LogP contribution in [0.15, 0.2) is 59.6 Å². The second kappa shape index (κ2) is 4.34. The third-order valence-electron chi connectivity index (χ3n) is 4.07. The normalized spacial score (nSPS) is 17.9. The molecule has 0 amide bonds. The molecular weight excluding hydrogens is 244 g/mol. The largest absolute Gasteiger partial charge is 0.339 e. The number of aliphatic imine (C=N–C) groups is 1. The van der Waals surface area contributed by atoms with Crippen LogP contribution < -0.4 is 0 Å². The molecule has 2 heterocycles. The molecule has 3 aromatic rings. The van der Waals surface area contributed by atoms with E-state index in [-0.39, 0.29) is 0 Å². The minimum Gasteiger partial charge on any atom is -0.339 e. The smallest absolute Gasteiger partial charge is 0.134 e. The molecule has 0 aliphatic carbocycles. The van der Waals surface area contributed by atoms with Crippen LogP contribution in [0.5, 0.6) is 0 Å². The van der Waals surface area contributed by atoms with Gasteiger partial charge in [-0.05, 0) is 24.0 Å². The number of rotatable bonds is 1. The fraction of sp³-hybridized carbons (Fsp3) is 0.167. The Morgan fingerprint density at radius 3 is 2.60 bits per heavy atom. The Morgan fingerprint density at radius 1 is 1.00 bits per heavy atom. The lowest BCUT2D eigenvalue weighted by atomic mass is 9.89. The molecule has 0 bridgehead atoms. The maximum absolute atomic E-state index is 4.86. The van der Waals surface area contributed by atoms with Gasteiger partial charge in [0.1, 0.15) is 5.82 Å². The molecule has 4 rings (SSSR count). The van der Waals surface area contributed by atoms with Crippen LogP contribution in [0.25, 0.3) is 10.9 Å². The van der Waals surface area contributed by atoms with Gasteiger partial charge in [-0.3, -0.25) is 0 Å². The maximum atomic E-state index is 4.86. The van der Waals surface area contributed by atoms with Gasteiger partial charge in [-0.1, -0.05) is 55.5 Å². The zero-order chi connectivity index (χ0) is 13.5. The number of para-hydroxylation sites is 1. The number of aromatic nitrogens is 1. The number of hydrogen-bond donors (Lipinski definition) is 1. The zero-order valence-corrected chi connectivity index (χ0v) is 11.4. The van der Waals surface area contributed by atoms with Gasteiger partial charge in [-0.25, -0.2) is 4.99 Å². The number of H-pyrrole nitrogens is 1. The zero-order valence-electron chi connectivity index (χ0n) is 11.4. The van der Waals surface area contributed by atoms with Gasteiger partial charge in [0, 0.05) is 16.5 Å². The molecule has 1 atom stereocenters. The minimum absolute atomic E-state index is 0.494. The van der Waals surface area contributed by atoms with Crippen molar-refractivity contribution in [2.45, 2.75) is 19.3 Å². The molecule has 1 aromatic heterocycles. The van der Waals surface area contributed by atoms with E-state index in [1.54, 1.807) is 0 Å². The Labute approximate surface area is 118 Å². The van der Waals surface area contributed by atoms with E-state index in [0.717, 1.165) is 12.2 Å². The molecule has 98 valence electrons. The number of fused-ring (bicyclic) bond motifs is 3. The Balaban J connectivity index is 1.92. The molecule has 20 heavy (non-hydrogen) atoms. The molecule has 1 aliphatic heterocycles. The summed E-state index contributed by atoms with van der Waals surface area (Å²) in [4.78, 5) is 8.32. The average Bonchev–Trinajstić information content (AvgIpc) is 2.87. The van der Waals surface area contributed by atoms with E-state index >= 15 is 0 Å². The fourth-order valence-corrected chi connectivity index (χ4v) is 3.12. The summed E-state index contributed by atoms with van der Waals surface area (Å²) in [6.45, 7) is 2.29. The van der Waals surface area contributed by atoms with Crippen molar-refractivity contribution in [3.63, 3.8) is 0 Å². The molecule has 1 N–H and O–H groups in total. The van der Waals surface area contributed by atoms with Gasteiger partial charge in [-0.2, -0.15) is 0 Å². The highest BCUT2D eigenvalue weighted by molar-refractivity contribution is 6.05. The van der Waals surface area contributed by atoms with Crippen molar-refractivity contribution in [3.8, 4) is 0 Å². The lowest BCUT2D eigenvalue weighted by Gasteiger charge is -2.19. The van der Waals surface area contributed by atoms with Crippen molar-refractivity contribution in [1.29, 1.82) is 0 Å². The summed E-state index contributed by atoms with van der Waals surface area (Å²) in [7, 11) is 0. The number of nitrogens with zero attached hydrogens (tertiary/aromatic N) is 1. The molecule has 0 saturated heterocycles. The molecular formula is C18H16N2. The Bertz CT molecular complexity index is 797. The third-order valence-corrected chi connectivity index (χ3v) is 4.07. The second-order valence-corrected chi connectivity index (χ2v) is 5.46. The highest BCUT2D eigenvalue weighted by Crippen LogP contribution is 2.40. The van der Waals surface area contributed by atoms with E-state index in [9.17, 15) is 0 Å². The van der Waals surface area contributed by atoms with Gasteiger partial charge < -0.3 is 4.98 Å². The summed E-state index contributed by atoms with van der Waals surface area (Å²) in [5.41, 5.74) is 4.95. The van der Waals surface area contributed by atoms with Crippen LogP contribution in [0.3, 0.4) is 0 Å². The SMILES string of the molecule is CC1CC(c2ccccc2)=Nc2[nH]c3ccccc3c21. The van der Waals surface area contributed by atoms with E-state index in [1.165, 1.54) is 27.7 Å². The van der Waals surface area contributed by atoms with Gasteiger partial charge >= 0.3 is 0 Å². The molecule has 1 aliphatic rings. The topological polar surface area (TPSA) is 28.1 Å². The molecule has 2 aromatic carbocycles.